The van der Waals surface area contributed by atoms with E-state index in [1.54, 1.807) is 0 Å². The van der Waals surface area contributed by atoms with Crippen molar-refractivity contribution in [2.75, 3.05) is 13.2 Å². The zero-order valence-electron chi connectivity index (χ0n) is 45.6. The summed E-state index contributed by atoms with van der Waals surface area (Å²) in [5, 5.41) is 9.66. The quantitative estimate of drug-likeness (QED) is 0.0374. The molecule has 5 heteroatoms. The van der Waals surface area contributed by atoms with Crippen molar-refractivity contribution in [3.8, 4) is 0 Å². The Labute approximate surface area is 424 Å². The molecular formula is C63H116O5. The maximum absolute atomic E-state index is 12.3. The van der Waals surface area contributed by atoms with E-state index in [1.165, 1.54) is 244 Å². The van der Waals surface area contributed by atoms with Gasteiger partial charge in [0, 0.05) is 12.8 Å². The minimum Gasteiger partial charge on any atom is -0.462 e. The number of carbonyl (C=O) groups is 2. The van der Waals surface area contributed by atoms with Crippen LogP contribution in [0.1, 0.15) is 322 Å². The first-order valence-electron chi connectivity index (χ1n) is 30.2. The summed E-state index contributed by atoms with van der Waals surface area (Å²) in [4.78, 5) is 24.5. The number of rotatable bonds is 56. The average molecular weight is 954 g/mol. The van der Waals surface area contributed by atoms with Crippen molar-refractivity contribution in [3.05, 3.63) is 48.6 Å². The molecule has 0 aliphatic heterocycles. The van der Waals surface area contributed by atoms with Crippen molar-refractivity contribution < 1.29 is 24.2 Å². The molecule has 0 aliphatic carbocycles. The molecule has 0 radical (unpaired) electrons. The second-order valence-corrected chi connectivity index (χ2v) is 20.4. The van der Waals surface area contributed by atoms with Crippen LogP contribution in [0.25, 0.3) is 0 Å². The van der Waals surface area contributed by atoms with Crippen molar-refractivity contribution in [2.24, 2.45) is 0 Å². The van der Waals surface area contributed by atoms with Gasteiger partial charge in [0.05, 0.1) is 6.61 Å². The number of hydrogen-bond donors (Lipinski definition) is 1. The minimum atomic E-state index is -0.773. The van der Waals surface area contributed by atoms with Crippen molar-refractivity contribution in [1.29, 1.82) is 0 Å². The summed E-state index contributed by atoms with van der Waals surface area (Å²) >= 11 is 0. The van der Waals surface area contributed by atoms with Crippen molar-refractivity contribution in [1.82, 2.24) is 0 Å². The van der Waals surface area contributed by atoms with Crippen molar-refractivity contribution >= 4 is 11.9 Å². The van der Waals surface area contributed by atoms with Gasteiger partial charge in [-0.3, -0.25) is 9.59 Å². The summed E-state index contributed by atoms with van der Waals surface area (Å²) in [6.07, 6.45) is 78.2. The van der Waals surface area contributed by atoms with E-state index in [-0.39, 0.29) is 25.2 Å². The third-order valence-corrected chi connectivity index (χ3v) is 13.6. The molecule has 1 atom stereocenters. The van der Waals surface area contributed by atoms with Crippen LogP contribution in [0.4, 0.5) is 0 Å². The maximum atomic E-state index is 12.3. The van der Waals surface area contributed by atoms with Gasteiger partial charge in [0.2, 0.25) is 0 Å². The van der Waals surface area contributed by atoms with Gasteiger partial charge in [0.1, 0.15) is 6.61 Å². The number of carbonyl (C=O) groups excluding carboxylic acids is 2. The Hall–Kier alpha value is -2.14. The van der Waals surface area contributed by atoms with Gasteiger partial charge in [0.15, 0.2) is 6.10 Å². The Bertz CT molecular complexity index is 1120. The van der Waals surface area contributed by atoms with Gasteiger partial charge in [0.25, 0.3) is 0 Å². The smallest absolute Gasteiger partial charge is 0.306 e. The first-order chi connectivity index (χ1) is 33.6. The highest BCUT2D eigenvalue weighted by molar-refractivity contribution is 5.70. The molecule has 0 spiro atoms. The van der Waals surface area contributed by atoms with Crippen LogP contribution < -0.4 is 0 Å². The summed E-state index contributed by atoms with van der Waals surface area (Å²) in [6, 6.07) is 0. The predicted molar refractivity (Wildman–Crippen MR) is 297 cm³/mol. The molecule has 0 amide bonds. The molecule has 0 heterocycles. The lowest BCUT2D eigenvalue weighted by Crippen LogP contribution is -2.28. The van der Waals surface area contributed by atoms with Crippen LogP contribution in [0.2, 0.25) is 0 Å². The number of unbranched alkanes of at least 4 members (excludes halogenated alkanes) is 40. The van der Waals surface area contributed by atoms with E-state index in [9.17, 15) is 14.7 Å². The molecule has 0 bridgehead atoms. The van der Waals surface area contributed by atoms with Crippen LogP contribution >= 0.6 is 0 Å². The molecule has 1 unspecified atom stereocenters. The van der Waals surface area contributed by atoms with E-state index >= 15 is 0 Å². The Morgan fingerprint density at radius 1 is 0.338 bits per heavy atom. The van der Waals surface area contributed by atoms with Crippen LogP contribution in [0.5, 0.6) is 0 Å². The van der Waals surface area contributed by atoms with E-state index in [0.29, 0.717) is 12.8 Å². The highest BCUT2D eigenvalue weighted by Crippen LogP contribution is 2.17. The molecule has 5 nitrogen and oxygen atoms in total. The lowest BCUT2D eigenvalue weighted by Gasteiger charge is -2.15. The Balaban J connectivity index is 3.41. The Morgan fingerprint density at radius 3 is 0.897 bits per heavy atom. The molecule has 0 fully saturated rings. The van der Waals surface area contributed by atoms with Crippen LogP contribution in [-0.2, 0) is 19.1 Å². The van der Waals surface area contributed by atoms with Crippen LogP contribution in [0.15, 0.2) is 48.6 Å². The molecule has 0 aliphatic rings. The number of allylic oxidation sites excluding steroid dienone is 8. The lowest BCUT2D eigenvalue weighted by atomic mass is 10.0. The summed E-state index contributed by atoms with van der Waals surface area (Å²) < 4.78 is 10.7. The fraction of sp³-hybridized carbons (Fsp3) is 0.841. The Morgan fingerprint density at radius 2 is 0.588 bits per heavy atom. The maximum Gasteiger partial charge on any atom is 0.306 e. The molecule has 0 saturated heterocycles. The van der Waals surface area contributed by atoms with Gasteiger partial charge in [-0.05, 0) is 77.0 Å². The summed E-state index contributed by atoms with van der Waals surface area (Å²) in [5.41, 5.74) is 0. The van der Waals surface area contributed by atoms with Crippen LogP contribution in [0, 0.1) is 0 Å². The molecule has 0 aromatic heterocycles. The number of aliphatic hydroxyl groups is 1. The van der Waals surface area contributed by atoms with E-state index in [1.807, 2.05) is 0 Å². The van der Waals surface area contributed by atoms with Gasteiger partial charge in [-0.15, -0.1) is 0 Å². The zero-order chi connectivity index (χ0) is 49.2. The molecular weight excluding hydrogens is 837 g/mol. The number of aliphatic hydroxyl groups excluding tert-OH is 1. The highest BCUT2D eigenvalue weighted by atomic mass is 16.6. The normalized spacial score (nSPS) is 12.5. The predicted octanol–water partition coefficient (Wildman–Crippen LogP) is 20.4. The molecule has 0 rings (SSSR count). The fourth-order valence-electron chi connectivity index (χ4n) is 9.03. The molecule has 68 heavy (non-hydrogen) atoms. The Kier molecular flexibility index (Phi) is 57.3. The first-order valence-corrected chi connectivity index (χ1v) is 30.2. The van der Waals surface area contributed by atoms with Crippen LogP contribution in [-0.4, -0.2) is 36.4 Å². The number of ether oxygens (including phenoxy) is 2. The lowest BCUT2D eigenvalue weighted by molar-refractivity contribution is -0.161. The van der Waals surface area contributed by atoms with E-state index < -0.39 is 6.10 Å². The topological polar surface area (TPSA) is 72.8 Å². The van der Waals surface area contributed by atoms with E-state index in [2.05, 4.69) is 62.5 Å². The highest BCUT2D eigenvalue weighted by Gasteiger charge is 2.16. The van der Waals surface area contributed by atoms with E-state index in [4.69, 9.17) is 9.47 Å². The molecule has 0 aromatic carbocycles. The van der Waals surface area contributed by atoms with Crippen molar-refractivity contribution in [3.63, 3.8) is 0 Å². The second-order valence-electron chi connectivity index (χ2n) is 20.4. The number of hydrogen-bond acceptors (Lipinski definition) is 5. The largest absolute Gasteiger partial charge is 0.462 e. The summed E-state index contributed by atoms with van der Waals surface area (Å²) in [5.74, 6) is -0.580. The van der Waals surface area contributed by atoms with Gasteiger partial charge >= 0.3 is 11.9 Å². The summed E-state index contributed by atoms with van der Waals surface area (Å²) in [6.45, 7) is 4.14. The summed E-state index contributed by atoms with van der Waals surface area (Å²) in [7, 11) is 0. The molecule has 1 N–H and O–H groups in total. The van der Waals surface area contributed by atoms with Crippen molar-refractivity contribution in [2.45, 2.75) is 328 Å². The minimum absolute atomic E-state index is 0.0647. The average Bonchev–Trinajstić information content (AvgIpc) is 3.34. The standard InChI is InChI=1S/C63H116O5/c1-3-5-7-9-11-13-15-17-19-21-23-24-25-26-27-28-29-30-31-32-33-34-35-36-37-38-40-42-44-46-48-50-52-54-56-58-63(66)68-61(59-64)60-67-62(65)57-55-53-51-49-47-45-43-41-39-22-20-18-16-14-12-10-8-6-4-2/h12,14-15,17-18,20-21,23,61,64H,3-11,13,16,19,22,24-60H2,1-2H3/b14-12-,17-15-,20-18-,23-21-. The third kappa shape index (κ3) is 56.4. The second kappa shape index (κ2) is 59.2. The fourth-order valence-corrected chi connectivity index (χ4v) is 9.03. The zero-order valence-corrected chi connectivity index (χ0v) is 45.6. The molecule has 398 valence electrons. The van der Waals surface area contributed by atoms with Crippen LogP contribution in [0.3, 0.4) is 0 Å². The van der Waals surface area contributed by atoms with Gasteiger partial charge in [-0.25, -0.2) is 0 Å². The van der Waals surface area contributed by atoms with E-state index in [0.717, 1.165) is 51.4 Å². The van der Waals surface area contributed by atoms with Gasteiger partial charge in [-0.2, -0.15) is 0 Å². The SMILES string of the molecule is CCCCC/C=C\C/C=C\CCCCCCCCCCCC(=O)OCC(CO)OC(=O)CCCCCCCCCCCCCCCCCCCCCCCCC/C=C\C/C=C\CCCCCCC. The number of esters is 2. The molecule has 0 aromatic rings. The first kappa shape index (κ1) is 65.9. The third-order valence-electron chi connectivity index (χ3n) is 13.6. The van der Waals surface area contributed by atoms with Gasteiger partial charge < -0.3 is 14.6 Å². The van der Waals surface area contributed by atoms with Gasteiger partial charge in [-0.1, -0.05) is 281 Å². The monoisotopic (exact) mass is 953 g/mol. The molecule has 0 saturated carbocycles.